The molecule has 0 saturated carbocycles. The van der Waals surface area contributed by atoms with Crippen molar-refractivity contribution in [1.29, 1.82) is 0 Å². The standard InChI is InChI=1S/C11H21N3O/c1-9(2)8-15-5-4-14-7-11(6-12)10(3)13-14/h7,9H,4-6,8,12H2,1-3H3. The lowest BCUT2D eigenvalue weighted by atomic mass is 10.2. The number of hydrogen-bond donors (Lipinski definition) is 1. The first kappa shape index (κ1) is 12.2. The van der Waals surface area contributed by atoms with Gasteiger partial charge in [0.05, 0.1) is 18.8 Å². The summed E-state index contributed by atoms with van der Waals surface area (Å²) in [6.07, 6.45) is 1.99. The summed E-state index contributed by atoms with van der Waals surface area (Å²) in [5.74, 6) is 0.587. The van der Waals surface area contributed by atoms with Gasteiger partial charge in [0.15, 0.2) is 0 Å². The maximum absolute atomic E-state index is 5.57. The Bertz CT molecular complexity index is 294. The van der Waals surface area contributed by atoms with Crippen molar-refractivity contribution in [1.82, 2.24) is 9.78 Å². The molecule has 15 heavy (non-hydrogen) atoms. The van der Waals surface area contributed by atoms with Crippen molar-refractivity contribution in [3.05, 3.63) is 17.5 Å². The molecule has 0 unspecified atom stereocenters. The SMILES string of the molecule is Cc1nn(CCOCC(C)C)cc1CN. The summed E-state index contributed by atoms with van der Waals surface area (Å²) in [6.45, 7) is 9.14. The molecular weight excluding hydrogens is 190 g/mol. The fourth-order valence-corrected chi connectivity index (χ4v) is 1.35. The Morgan fingerprint density at radius 1 is 1.53 bits per heavy atom. The van der Waals surface area contributed by atoms with Crippen molar-refractivity contribution in [2.75, 3.05) is 13.2 Å². The summed E-state index contributed by atoms with van der Waals surface area (Å²) in [5.41, 5.74) is 7.70. The average molecular weight is 211 g/mol. The molecule has 86 valence electrons. The normalized spacial score (nSPS) is 11.3. The van der Waals surface area contributed by atoms with Gasteiger partial charge in [-0.2, -0.15) is 5.10 Å². The zero-order chi connectivity index (χ0) is 11.3. The number of nitrogens with zero attached hydrogens (tertiary/aromatic N) is 2. The third-order valence-corrected chi connectivity index (χ3v) is 2.18. The molecule has 0 atom stereocenters. The van der Waals surface area contributed by atoms with Crippen LogP contribution < -0.4 is 5.73 Å². The molecule has 0 spiro atoms. The van der Waals surface area contributed by atoms with Gasteiger partial charge in [-0.15, -0.1) is 0 Å². The summed E-state index contributed by atoms with van der Waals surface area (Å²) < 4.78 is 7.39. The van der Waals surface area contributed by atoms with E-state index in [4.69, 9.17) is 10.5 Å². The maximum atomic E-state index is 5.57. The molecule has 0 aliphatic carbocycles. The fraction of sp³-hybridized carbons (Fsp3) is 0.727. The molecule has 4 nitrogen and oxygen atoms in total. The van der Waals surface area contributed by atoms with Crippen molar-refractivity contribution in [2.45, 2.75) is 33.9 Å². The molecule has 1 rings (SSSR count). The van der Waals surface area contributed by atoms with Crippen LogP contribution in [0.25, 0.3) is 0 Å². The van der Waals surface area contributed by atoms with Crippen molar-refractivity contribution in [3.8, 4) is 0 Å². The van der Waals surface area contributed by atoms with Gasteiger partial charge in [-0.3, -0.25) is 4.68 Å². The smallest absolute Gasteiger partial charge is 0.0662 e. The van der Waals surface area contributed by atoms with Gasteiger partial charge in [-0.25, -0.2) is 0 Å². The topological polar surface area (TPSA) is 53.1 Å². The molecule has 1 aromatic heterocycles. The lowest BCUT2D eigenvalue weighted by molar-refractivity contribution is 0.101. The predicted molar refractivity (Wildman–Crippen MR) is 60.5 cm³/mol. The zero-order valence-corrected chi connectivity index (χ0v) is 9.86. The molecule has 0 radical (unpaired) electrons. The van der Waals surface area contributed by atoms with E-state index in [9.17, 15) is 0 Å². The van der Waals surface area contributed by atoms with Crippen LogP contribution in [-0.4, -0.2) is 23.0 Å². The van der Waals surface area contributed by atoms with Gasteiger partial charge in [-0.1, -0.05) is 13.8 Å². The van der Waals surface area contributed by atoms with Crippen LogP contribution in [0.15, 0.2) is 6.20 Å². The number of aryl methyl sites for hydroxylation is 1. The molecule has 0 fully saturated rings. The second kappa shape index (κ2) is 5.88. The average Bonchev–Trinajstić information content (AvgIpc) is 2.53. The third kappa shape index (κ3) is 4.01. The molecule has 0 aliphatic rings. The Morgan fingerprint density at radius 2 is 2.27 bits per heavy atom. The van der Waals surface area contributed by atoms with Gasteiger partial charge < -0.3 is 10.5 Å². The number of hydrogen-bond acceptors (Lipinski definition) is 3. The van der Waals surface area contributed by atoms with Crippen LogP contribution in [0.3, 0.4) is 0 Å². The summed E-state index contributed by atoms with van der Waals surface area (Å²) >= 11 is 0. The zero-order valence-electron chi connectivity index (χ0n) is 9.86. The van der Waals surface area contributed by atoms with Gasteiger partial charge in [-0.05, 0) is 12.8 Å². The van der Waals surface area contributed by atoms with Crippen LogP contribution in [0.4, 0.5) is 0 Å². The Hall–Kier alpha value is -0.870. The summed E-state index contributed by atoms with van der Waals surface area (Å²) in [7, 11) is 0. The molecule has 1 heterocycles. The summed E-state index contributed by atoms with van der Waals surface area (Å²) in [6, 6.07) is 0. The highest BCUT2D eigenvalue weighted by Crippen LogP contribution is 2.04. The second-order valence-electron chi connectivity index (χ2n) is 4.18. The van der Waals surface area contributed by atoms with Crippen LogP contribution in [0, 0.1) is 12.8 Å². The highest BCUT2D eigenvalue weighted by atomic mass is 16.5. The number of rotatable bonds is 6. The van der Waals surface area contributed by atoms with E-state index in [2.05, 4.69) is 18.9 Å². The second-order valence-corrected chi connectivity index (χ2v) is 4.18. The molecule has 4 heteroatoms. The van der Waals surface area contributed by atoms with Crippen LogP contribution in [0.2, 0.25) is 0 Å². The van der Waals surface area contributed by atoms with E-state index in [-0.39, 0.29) is 0 Å². The maximum Gasteiger partial charge on any atom is 0.0662 e. The lowest BCUT2D eigenvalue weighted by Crippen LogP contribution is -2.09. The summed E-state index contributed by atoms with van der Waals surface area (Å²) in [5, 5.41) is 4.35. The van der Waals surface area contributed by atoms with Crippen molar-refractivity contribution in [2.24, 2.45) is 11.7 Å². The number of aromatic nitrogens is 2. The molecule has 0 aliphatic heterocycles. The van der Waals surface area contributed by atoms with E-state index in [1.54, 1.807) is 0 Å². The lowest BCUT2D eigenvalue weighted by Gasteiger charge is -2.06. The third-order valence-electron chi connectivity index (χ3n) is 2.18. The van der Waals surface area contributed by atoms with Gasteiger partial charge in [0.25, 0.3) is 0 Å². The van der Waals surface area contributed by atoms with Crippen LogP contribution in [-0.2, 0) is 17.8 Å². The minimum absolute atomic E-state index is 0.554. The van der Waals surface area contributed by atoms with Crippen molar-refractivity contribution >= 4 is 0 Å². The minimum Gasteiger partial charge on any atom is -0.379 e. The first-order valence-corrected chi connectivity index (χ1v) is 5.44. The monoisotopic (exact) mass is 211 g/mol. The van der Waals surface area contributed by atoms with Gasteiger partial charge >= 0.3 is 0 Å². The molecule has 1 aromatic rings. The highest BCUT2D eigenvalue weighted by molar-refractivity contribution is 5.14. The van der Waals surface area contributed by atoms with Crippen LogP contribution in [0.1, 0.15) is 25.1 Å². The van der Waals surface area contributed by atoms with E-state index in [0.717, 1.165) is 24.4 Å². The molecular formula is C11H21N3O. The van der Waals surface area contributed by atoms with Crippen LogP contribution in [0.5, 0.6) is 0 Å². The quantitative estimate of drug-likeness (QED) is 0.722. The van der Waals surface area contributed by atoms with E-state index >= 15 is 0 Å². The number of ether oxygens (including phenoxy) is 1. The Morgan fingerprint density at radius 3 is 2.80 bits per heavy atom. The van der Waals surface area contributed by atoms with E-state index in [1.165, 1.54) is 0 Å². The largest absolute Gasteiger partial charge is 0.379 e. The van der Waals surface area contributed by atoms with Crippen molar-refractivity contribution in [3.63, 3.8) is 0 Å². The Labute approximate surface area is 91.4 Å². The predicted octanol–water partition coefficient (Wildman–Crippen LogP) is 1.32. The first-order valence-electron chi connectivity index (χ1n) is 5.44. The minimum atomic E-state index is 0.554. The molecule has 2 N–H and O–H groups in total. The molecule has 0 bridgehead atoms. The molecule has 0 saturated heterocycles. The molecule has 0 amide bonds. The molecule has 0 aromatic carbocycles. The highest BCUT2D eigenvalue weighted by Gasteiger charge is 2.02. The Kier molecular flexibility index (Phi) is 4.78. The fourth-order valence-electron chi connectivity index (χ4n) is 1.35. The van der Waals surface area contributed by atoms with Crippen LogP contribution >= 0.6 is 0 Å². The summed E-state index contributed by atoms with van der Waals surface area (Å²) in [4.78, 5) is 0. The first-order chi connectivity index (χ1) is 7.13. The van der Waals surface area contributed by atoms with Gasteiger partial charge in [0.2, 0.25) is 0 Å². The van der Waals surface area contributed by atoms with E-state index in [1.807, 2.05) is 17.8 Å². The number of nitrogens with two attached hydrogens (primary N) is 1. The van der Waals surface area contributed by atoms with E-state index < -0.39 is 0 Å². The van der Waals surface area contributed by atoms with Gasteiger partial charge in [0.1, 0.15) is 0 Å². The van der Waals surface area contributed by atoms with Gasteiger partial charge in [0, 0.05) is 24.9 Å². The van der Waals surface area contributed by atoms with E-state index in [0.29, 0.717) is 19.1 Å². The van der Waals surface area contributed by atoms with Crippen molar-refractivity contribution < 1.29 is 4.74 Å². The Balaban J connectivity index is 2.31.